The summed E-state index contributed by atoms with van der Waals surface area (Å²) in [4.78, 5) is 12.9. The zero-order valence-corrected chi connectivity index (χ0v) is 13.1. The molecule has 0 aromatic heterocycles. The minimum absolute atomic E-state index is 0.100. The largest absolute Gasteiger partial charge is 0.478 e. The smallest absolute Gasteiger partial charge is 0.207 e. The molecule has 3 rings (SSSR count). The lowest BCUT2D eigenvalue weighted by Crippen LogP contribution is -2.19. The van der Waals surface area contributed by atoms with Crippen molar-refractivity contribution in [2.45, 2.75) is 6.10 Å². The zero-order chi connectivity index (χ0) is 16.1. The molecule has 0 aliphatic rings. The van der Waals surface area contributed by atoms with E-state index in [9.17, 15) is 4.79 Å². The number of carbonyl (C=O) groups excluding carboxylic acids is 1. The van der Waals surface area contributed by atoms with E-state index in [0.29, 0.717) is 16.3 Å². The lowest BCUT2D eigenvalue weighted by Gasteiger charge is -2.18. The SMILES string of the molecule is O=C(c1ccc(Cl)cc1)C(Oc1ccccc1)c1ccccc1. The van der Waals surface area contributed by atoms with E-state index in [1.165, 1.54) is 0 Å². The van der Waals surface area contributed by atoms with E-state index in [0.717, 1.165) is 5.56 Å². The third-order valence-corrected chi connectivity index (χ3v) is 3.72. The molecule has 0 heterocycles. The van der Waals surface area contributed by atoms with Gasteiger partial charge in [0.05, 0.1) is 0 Å². The summed E-state index contributed by atoms with van der Waals surface area (Å²) >= 11 is 5.90. The predicted molar refractivity (Wildman–Crippen MR) is 92.0 cm³/mol. The number of para-hydroxylation sites is 1. The highest BCUT2D eigenvalue weighted by Gasteiger charge is 2.24. The van der Waals surface area contributed by atoms with Crippen molar-refractivity contribution < 1.29 is 9.53 Å². The first-order chi connectivity index (χ1) is 11.2. The Kier molecular flexibility index (Phi) is 4.74. The molecule has 0 aliphatic heterocycles. The second-order valence-electron chi connectivity index (χ2n) is 5.09. The van der Waals surface area contributed by atoms with Gasteiger partial charge in [-0.1, -0.05) is 60.1 Å². The van der Waals surface area contributed by atoms with Crippen LogP contribution < -0.4 is 4.74 Å². The van der Waals surface area contributed by atoms with Gasteiger partial charge in [-0.15, -0.1) is 0 Å². The molecule has 3 heteroatoms. The number of carbonyl (C=O) groups is 1. The molecule has 2 nitrogen and oxygen atoms in total. The molecule has 0 bridgehead atoms. The quantitative estimate of drug-likeness (QED) is 0.592. The summed E-state index contributed by atoms with van der Waals surface area (Å²) in [5, 5.41) is 0.599. The molecular weight excluding hydrogens is 308 g/mol. The number of ether oxygens (including phenoxy) is 1. The molecule has 0 saturated carbocycles. The van der Waals surface area contributed by atoms with Crippen LogP contribution in [-0.2, 0) is 0 Å². The normalized spacial score (nSPS) is 11.7. The van der Waals surface area contributed by atoms with Crippen LogP contribution in [-0.4, -0.2) is 5.78 Å². The predicted octanol–water partition coefficient (Wildman–Crippen LogP) is 5.34. The Bertz CT molecular complexity index is 768. The van der Waals surface area contributed by atoms with Crippen molar-refractivity contribution in [2.24, 2.45) is 0 Å². The average molecular weight is 323 g/mol. The molecule has 0 radical (unpaired) electrons. The van der Waals surface area contributed by atoms with Gasteiger partial charge in [0, 0.05) is 16.1 Å². The first-order valence-corrected chi connectivity index (χ1v) is 7.68. The highest BCUT2D eigenvalue weighted by molar-refractivity contribution is 6.30. The van der Waals surface area contributed by atoms with Crippen LogP contribution in [0.4, 0.5) is 0 Å². The van der Waals surface area contributed by atoms with Crippen molar-refractivity contribution >= 4 is 17.4 Å². The summed E-state index contributed by atoms with van der Waals surface area (Å²) in [6, 6.07) is 25.7. The Morgan fingerprint density at radius 1 is 0.783 bits per heavy atom. The van der Waals surface area contributed by atoms with Crippen molar-refractivity contribution in [3.05, 3.63) is 101 Å². The van der Waals surface area contributed by atoms with E-state index in [1.807, 2.05) is 60.7 Å². The maximum absolute atomic E-state index is 12.9. The number of rotatable bonds is 5. The van der Waals surface area contributed by atoms with Crippen molar-refractivity contribution in [3.8, 4) is 5.75 Å². The zero-order valence-electron chi connectivity index (χ0n) is 12.4. The molecule has 0 aliphatic carbocycles. The monoisotopic (exact) mass is 322 g/mol. The number of Topliss-reactive ketones (excluding diaryl/α,β-unsaturated/α-hetero) is 1. The second-order valence-corrected chi connectivity index (χ2v) is 5.53. The molecule has 3 aromatic carbocycles. The Morgan fingerprint density at radius 2 is 1.35 bits per heavy atom. The summed E-state index contributed by atoms with van der Waals surface area (Å²) in [7, 11) is 0. The van der Waals surface area contributed by atoms with Crippen LogP contribution in [0.1, 0.15) is 22.0 Å². The van der Waals surface area contributed by atoms with Gasteiger partial charge in [-0.05, 0) is 36.4 Å². The minimum atomic E-state index is -0.695. The Labute approximate surface area is 140 Å². The van der Waals surface area contributed by atoms with Crippen LogP contribution in [0.15, 0.2) is 84.9 Å². The van der Waals surface area contributed by atoms with Crippen molar-refractivity contribution in [2.75, 3.05) is 0 Å². The van der Waals surface area contributed by atoms with Crippen LogP contribution in [0.3, 0.4) is 0 Å². The molecule has 0 N–H and O–H groups in total. The summed E-state index contributed by atoms with van der Waals surface area (Å²) in [5.74, 6) is 0.556. The fourth-order valence-electron chi connectivity index (χ4n) is 2.30. The average Bonchev–Trinajstić information content (AvgIpc) is 2.61. The van der Waals surface area contributed by atoms with E-state index in [2.05, 4.69) is 0 Å². The van der Waals surface area contributed by atoms with E-state index in [-0.39, 0.29) is 5.78 Å². The van der Waals surface area contributed by atoms with Crippen LogP contribution >= 0.6 is 11.6 Å². The molecule has 3 aromatic rings. The molecule has 23 heavy (non-hydrogen) atoms. The number of ketones is 1. The number of benzene rings is 3. The van der Waals surface area contributed by atoms with Gasteiger partial charge in [-0.3, -0.25) is 4.79 Å². The molecule has 0 saturated heterocycles. The molecule has 0 amide bonds. The summed E-state index contributed by atoms with van der Waals surface area (Å²) in [6.45, 7) is 0. The molecule has 0 fully saturated rings. The van der Waals surface area contributed by atoms with Crippen molar-refractivity contribution in [3.63, 3.8) is 0 Å². The van der Waals surface area contributed by atoms with Gasteiger partial charge in [0.2, 0.25) is 5.78 Å². The number of hydrogen-bond acceptors (Lipinski definition) is 2. The molecular formula is C20H15ClO2. The topological polar surface area (TPSA) is 26.3 Å². The third-order valence-electron chi connectivity index (χ3n) is 3.47. The van der Waals surface area contributed by atoms with E-state index in [1.54, 1.807) is 24.3 Å². The summed E-state index contributed by atoms with van der Waals surface area (Å²) in [5.41, 5.74) is 1.38. The molecule has 114 valence electrons. The molecule has 0 spiro atoms. The van der Waals surface area contributed by atoms with Gasteiger partial charge in [-0.2, -0.15) is 0 Å². The first kappa shape index (κ1) is 15.3. The highest BCUT2D eigenvalue weighted by Crippen LogP contribution is 2.26. The fourth-order valence-corrected chi connectivity index (χ4v) is 2.43. The second kappa shape index (κ2) is 7.12. The van der Waals surface area contributed by atoms with Gasteiger partial charge in [-0.25, -0.2) is 0 Å². The van der Waals surface area contributed by atoms with E-state index < -0.39 is 6.10 Å². The molecule has 1 unspecified atom stereocenters. The lowest BCUT2D eigenvalue weighted by molar-refractivity contribution is 0.0792. The highest BCUT2D eigenvalue weighted by atomic mass is 35.5. The van der Waals surface area contributed by atoms with Crippen LogP contribution in [0.5, 0.6) is 5.75 Å². The summed E-state index contributed by atoms with van der Waals surface area (Å²) < 4.78 is 5.96. The molecule has 1 atom stereocenters. The van der Waals surface area contributed by atoms with Gasteiger partial charge in [0.15, 0.2) is 6.10 Å². The summed E-state index contributed by atoms with van der Waals surface area (Å²) in [6.07, 6.45) is -0.695. The Hall–Kier alpha value is -2.58. The maximum atomic E-state index is 12.9. The van der Waals surface area contributed by atoms with Gasteiger partial charge < -0.3 is 4.74 Å². The van der Waals surface area contributed by atoms with E-state index in [4.69, 9.17) is 16.3 Å². The van der Waals surface area contributed by atoms with Gasteiger partial charge in [0.1, 0.15) is 5.75 Å². The van der Waals surface area contributed by atoms with Gasteiger partial charge in [0.25, 0.3) is 0 Å². The van der Waals surface area contributed by atoms with Crippen LogP contribution in [0.2, 0.25) is 5.02 Å². The minimum Gasteiger partial charge on any atom is -0.478 e. The van der Waals surface area contributed by atoms with Crippen LogP contribution in [0.25, 0.3) is 0 Å². The van der Waals surface area contributed by atoms with E-state index >= 15 is 0 Å². The maximum Gasteiger partial charge on any atom is 0.207 e. The Morgan fingerprint density at radius 3 is 1.96 bits per heavy atom. The first-order valence-electron chi connectivity index (χ1n) is 7.30. The van der Waals surface area contributed by atoms with Crippen molar-refractivity contribution in [1.82, 2.24) is 0 Å². The lowest BCUT2D eigenvalue weighted by atomic mass is 10.00. The van der Waals surface area contributed by atoms with Crippen molar-refractivity contribution in [1.29, 1.82) is 0 Å². The fraction of sp³-hybridized carbons (Fsp3) is 0.0500. The third kappa shape index (κ3) is 3.79. The van der Waals surface area contributed by atoms with Gasteiger partial charge >= 0.3 is 0 Å². The number of halogens is 1. The van der Waals surface area contributed by atoms with Crippen LogP contribution in [0, 0.1) is 0 Å². The number of hydrogen-bond donors (Lipinski definition) is 0. The standard InChI is InChI=1S/C20H15ClO2/c21-17-13-11-15(12-14-17)19(22)20(16-7-3-1-4-8-16)23-18-9-5-2-6-10-18/h1-14,20H. The Balaban J connectivity index is 1.94.